The lowest BCUT2D eigenvalue weighted by Crippen LogP contribution is -2.40. The van der Waals surface area contributed by atoms with Crippen LogP contribution in [0, 0.1) is 12.3 Å². The lowest BCUT2D eigenvalue weighted by molar-refractivity contribution is -0.0108. The quantitative estimate of drug-likeness (QED) is 0.897. The molecule has 1 aromatic rings. The number of anilines is 1. The Labute approximate surface area is 143 Å². The summed E-state index contributed by atoms with van der Waals surface area (Å²) in [6, 6.07) is 0. The topological polar surface area (TPSA) is 69.6 Å². The predicted octanol–water partition coefficient (Wildman–Crippen LogP) is 2.01. The number of amides is 1. The highest BCUT2D eigenvalue weighted by atomic mass is 16.3. The molecule has 3 rings (SSSR count). The zero-order valence-corrected chi connectivity index (χ0v) is 15.2. The fourth-order valence-corrected chi connectivity index (χ4v) is 3.51. The van der Waals surface area contributed by atoms with Gasteiger partial charge in [0.15, 0.2) is 0 Å². The summed E-state index contributed by atoms with van der Waals surface area (Å²) >= 11 is 0. The third-order valence-corrected chi connectivity index (χ3v) is 5.67. The molecule has 3 heterocycles. The summed E-state index contributed by atoms with van der Waals surface area (Å²) in [5.41, 5.74) is 0.0280. The Kier molecular flexibility index (Phi) is 4.28. The molecule has 2 fully saturated rings. The SMILES string of the molecule is Cc1nc(N2CCCCC2)ncc1C(=O)N1CC(C)(C)[C@@](C)(O)C1. The summed E-state index contributed by atoms with van der Waals surface area (Å²) in [4.78, 5) is 25.8. The number of hydrogen-bond donors (Lipinski definition) is 1. The summed E-state index contributed by atoms with van der Waals surface area (Å²) in [5, 5.41) is 10.5. The third-order valence-electron chi connectivity index (χ3n) is 5.67. The van der Waals surface area contributed by atoms with Gasteiger partial charge in [-0.1, -0.05) is 13.8 Å². The van der Waals surface area contributed by atoms with Crippen molar-refractivity contribution in [3.8, 4) is 0 Å². The van der Waals surface area contributed by atoms with Crippen LogP contribution in [0.3, 0.4) is 0 Å². The maximum atomic E-state index is 12.9. The van der Waals surface area contributed by atoms with E-state index in [1.165, 1.54) is 19.3 Å². The van der Waals surface area contributed by atoms with Crippen LogP contribution in [-0.2, 0) is 0 Å². The zero-order valence-electron chi connectivity index (χ0n) is 15.2. The molecule has 0 unspecified atom stereocenters. The van der Waals surface area contributed by atoms with E-state index in [1.54, 1.807) is 18.0 Å². The molecule has 0 spiro atoms. The second-order valence-corrected chi connectivity index (χ2v) is 8.04. The molecule has 24 heavy (non-hydrogen) atoms. The van der Waals surface area contributed by atoms with E-state index >= 15 is 0 Å². The van der Waals surface area contributed by atoms with Gasteiger partial charge < -0.3 is 14.9 Å². The van der Waals surface area contributed by atoms with E-state index in [4.69, 9.17) is 0 Å². The van der Waals surface area contributed by atoms with Crippen LogP contribution in [0.1, 0.15) is 56.1 Å². The molecule has 1 amide bonds. The van der Waals surface area contributed by atoms with E-state index in [1.807, 2.05) is 20.8 Å². The Morgan fingerprint density at radius 3 is 2.38 bits per heavy atom. The van der Waals surface area contributed by atoms with E-state index in [9.17, 15) is 9.90 Å². The number of carbonyl (C=O) groups is 1. The molecule has 0 bridgehead atoms. The molecule has 132 valence electrons. The highest BCUT2D eigenvalue weighted by Crippen LogP contribution is 2.39. The first-order chi connectivity index (χ1) is 11.2. The van der Waals surface area contributed by atoms with E-state index in [2.05, 4.69) is 14.9 Å². The molecule has 1 aromatic heterocycles. The molecular weight excluding hydrogens is 304 g/mol. The number of rotatable bonds is 2. The molecule has 0 saturated carbocycles. The molecule has 0 radical (unpaired) electrons. The van der Waals surface area contributed by atoms with Gasteiger partial charge in [-0.15, -0.1) is 0 Å². The number of likely N-dealkylation sites (tertiary alicyclic amines) is 1. The van der Waals surface area contributed by atoms with Crippen LogP contribution < -0.4 is 4.90 Å². The molecule has 1 N–H and O–H groups in total. The van der Waals surface area contributed by atoms with Crippen LogP contribution in [0.4, 0.5) is 5.95 Å². The number of aryl methyl sites for hydroxylation is 1. The smallest absolute Gasteiger partial charge is 0.257 e. The number of carbonyl (C=O) groups excluding carboxylic acids is 1. The molecule has 1 atom stereocenters. The Hall–Kier alpha value is -1.69. The average Bonchev–Trinajstić information content (AvgIpc) is 2.75. The summed E-state index contributed by atoms with van der Waals surface area (Å²) < 4.78 is 0. The fourth-order valence-electron chi connectivity index (χ4n) is 3.51. The van der Waals surface area contributed by atoms with Crippen LogP contribution in [0.2, 0.25) is 0 Å². The molecular formula is C18H28N4O2. The Morgan fingerprint density at radius 2 is 1.83 bits per heavy atom. The van der Waals surface area contributed by atoms with Gasteiger partial charge in [-0.05, 0) is 33.1 Å². The Morgan fingerprint density at radius 1 is 1.17 bits per heavy atom. The summed E-state index contributed by atoms with van der Waals surface area (Å²) in [7, 11) is 0. The number of piperidine rings is 1. The van der Waals surface area contributed by atoms with Gasteiger partial charge in [0.05, 0.1) is 23.4 Å². The van der Waals surface area contributed by atoms with Crippen molar-refractivity contribution in [2.45, 2.75) is 52.6 Å². The van der Waals surface area contributed by atoms with Crippen LogP contribution in [0.25, 0.3) is 0 Å². The maximum absolute atomic E-state index is 12.9. The average molecular weight is 332 g/mol. The highest BCUT2D eigenvalue weighted by Gasteiger charge is 2.49. The molecule has 6 heteroatoms. The molecule has 6 nitrogen and oxygen atoms in total. The summed E-state index contributed by atoms with van der Waals surface area (Å²) in [6.45, 7) is 10.5. The minimum absolute atomic E-state index is 0.0939. The van der Waals surface area contributed by atoms with Crippen LogP contribution in [0.15, 0.2) is 6.20 Å². The zero-order chi connectivity index (χ0) is 17.5. The highest BCUT2D eigenvalue weighted by molar-refractivity contribution is 5.95. The largest absolute Gasteiger partial charge is 0.388 e. The molecule has 0 aromatic carbocycles. The minimum Gasteiger partial charge on any atom is -0.388 e. The van der Waals surface area contributed by atoms with Crippen molar-refractivity contribution in [3.05, 3.63) is 17.5 Å². The predicted molar refractivity (Wildman–Crippen MR) is 93.1 cm³/mol. The second-order valence-electron chi connectivity index (χ2n) is 8.04. The van der Waals surface area contributed by atoms with Crippen molar-refractivity contribution in [2.75, 3.05) is 31.1 Å². The molecule has 0 aliphatic carbocycles. The van der Waals surface area contributed by atoms with E-state index in [-0.39, 0.29) is 11.3 Å². The first-order valence-corrected chi connectivity index (χ1v) is 8.81. The van der Waals surface area contributed by atoms with Gasteiger partial charge in [-0.3, -0.25) is 4.79 Å². The van der Waals surface area contributed by atoms with Crippen molar-refractivity contribution in [2.24, 2.45) is 5.41 Å². The standard InChI is InChI=1S/C18H28N4O2/c1-13-14(10-19-16(20-13)21-8-6-5-7-9-21)15(23)22-11-17(2,3)18(4,24)12-22/h10,24H,5-9,11-12H2,1-4H3/t18-/m0/s1. The van der Waals surface area contributed by atoms with Gasteiger partial charge in [0.1, 0.15) is 0 Å². The third kappa shape index (κ3) is 2.99. The Balaban J connectivity index is 1.79. The number of β-amino-alcohol motifs (C(OH)–C–C–N with tert-alkyl or cyclic N) is 1. The number of hydrogen-bond acceptors (Lipinski definition) is 5. The number of nitrogens with zero attached hydrogens (tertiary/aromatic N) is 4. The van der Waals surface area contributed by atoms with Gasteiger partial charge >= 0.3 is 0 Å². The Bertz CT molecular complexity index is 620. The minimum atomic E-state index is -0.884. The monoisotopic (exact) mass is 332 g/mol. The van der Waals surface area contributed by atoms with Crippen molar-refractivity contribution in [1.82, 2.24) is 14.9 Å². The molecule has 2 saturated heterocycles. The van der Waals surface area contributed by atoms with Crippen LogP contribution >= 0.6 is 0 Å². The second kappa shape index (κ2) is 5.99. The number of aromatic nitrogens is 2. The van der Waals surface area contributed by atoms with Crippen molar-refractivity contribution >= 4 is 11.9 Å². The first kappa shape index (κ1) is 17.1. The summed E-state index contributed by atoms with van der Waals surface area (Å²) in [6.07, 6.45) is 5.24. The van der Waals surface area contributed by atoms with Gasteiger partial charge in [0.2, 0.25) is 5.95 Å². The van der Waals surface area contributed by atoms with Gasteiger partial charge in [-0.2, -0.15) is 0 Å². The van der Waals surface area contributed by atoms with E-state index in [0.717, 1.165) is 19.0 Å². The van der Waals surface area contributed by atoms with Crippen molar-refractivity contribution in [3.63, 3.8) is 0 Å². The number of aliphatic hydroxyl groups is 1. The molecule has 2 aliphatic rings. The van der Waals surface area contributed by atoms with Crippen molar-refractivity contribution < 1.29 is 9.90 Å². The van der Waals surface area contributed by atoms with Gasteiger partial charge in [-0.25, -0.2) is 9.97 Å². The lowest BCUT2D eigenvalue weighted by Gasteiger charge is -2.30. The van der Waals surface area contributed by atoms with E-state index in [0.29, 0.717) is 24.3 Å². The van der Waals surface area contributed by atoms with Gasteiger partial charge in [0.25, 0.3) is 5.91 Å². The fraction of sp³-hybridized carbons (Fsp3) is 0.722. The first-order valence-electron chi connectivity index (χ1n) is 8.81. The van der Waals surface area contributed by atoms with Crippen molar-refractivity contribution in [1.29, 1.82) is 0 Å². The van der Waals surface area contributed by atoms with Crippen LogP contribution in [-0.4, -0.2) is 57.7 Å². The lowest BCUT2D eigenvalue weighted by atomic mass is 9.79. The van der Waals surface area contributed by atoms with Gasteiger partial charge in [0, 0.05) is 31.2 Å². The van der Waals surface area contributed by atoms with Crippen LogP contribution in [0.5, 0.6) is 0 Å². The normalized spacial score (nSPS) is 26.7. The summed E-state index contributed by atoms with van der Waals surface area (Å²) in [5.74, 6) is 0.626. The van der Waals surface area contributed by atoms with E-state index < -0.39 is 5.60 Å². The molecule has 2 aliphatic heterocycles. The maximum Gasteiger partial charge on any atom is 0.257 e.